The third kappa shape index (κ3) is 3.60. The van der Waals surface area contributed by atoms with Gasteiger partial charge >= 0.3 is 0 Å². The first kappa shape index (κ1) is 20.1. The lowest BCUT2D eigenvalue weighted by atomic mass is 10.0. The van der Waals surface area contributed by atoms with E-state index in [4.69, 9.17) is 34.8 Å². The molecule has 0 aliphatic heterocycles. The van der Waals surface area contributed by atoms with Gasteiger partial charge in [0, 0.05) is 26.6 Å². The fourth-order valence-electron chi connectivity index (χ4n) is 3.14. The monoisotopic (exact) mass is 465 g/mol. The SMILES string of the molecule is O=S(=O)(c1cc(Cl)cc(Cl)c1)c1c(Cl)nc2ccccc2c1-c1ccccc1F. The molecule has 0 atom stereocenters. The summed E-state index contributed by atoms with van der Waals surface area (Å²) in [4.78, 5) is 3.76. The Morgan fingerprint density at radius 3 is 2.14 bits per heavy atom. The zero-order valence-electron chi connectivity index (χ0n) is 14.5. The van der Waals surface area contributed by atoms with Crippen LogP contribution in [0, 0.1) is 5.82 Å². The third-order valence-corrected chi connectivity index (χ3v) is 6.98. The van der Waals surface area contributed by atoms with Crippen LogP contribution >= 0.6 is 34.8 Å². The van der Waals surface area contributed by atoms with E-state index in [0.29, 0.717) is 10.9 Å². The predicted molar refractivity (Wildman–Crippen MR) is 114 cm³/mol. The van der Waals surface area contributed by atoms with Crippen LogP contribution in [-0.4, -0.2) is 13.4 Å². The highest BCUT2D eigenvalue weighted by Crippen LogP contribution is 2.41. The second kappa shape index (κ2) is 7.58. The number of hydrogen-bond acceptors (Lipinski definition) is 3. The molecule has 0 N–H and O–H groups in total. The molecule has 0 radical (unpaired) electrons. The molecule has 0 aliphatic carbocycles. The second-order valence-electron chi connectivity index (χ2n) is 6.21. The zero-order chi connectivity index (χ0) is 20.8. The summed E-state index contributed by atoms with van der Waals surface area (Å²) in [6, 6.07) is 16.6. The lowest BCUT2D eigenvalue weighted by molar-refractivity contribution is 0.596. The minimum atomic E-state index is -4.23. The Morgan fingerprint density at radius 2 is 1.45 bits per heavy atom. The highest BCUT2D eigenvalue weighted by molar-refractivity contribution is 7.91. The van der Waals surface area contributed by atoms with E-state index in [1.165, 1.54) is 36.4 Å². The van der Waals surface area contributed by atoms with Gasteiger partial charge in [0.25, 0.3) is 0 Å². The first-order valence-electron chi connectivity index (χ1n) is 8.33. The van der Waals surface area contributed by atoms with Crippen LogP contribution in [0.15, 0.2) is 76.5 Å². The molecule has 3 nitrogen and oxygen atoms in total. The molecule has 0 bridgehead atoms. The molecule has 0 saturated heterocycles. The largest absolute Gasteiger partial charge is 0.235 e. The average molecular weight is 467 g/mol. The van der Waals surface area contributed by atoms with Gasteiger partial charge in [0.1, 0.15) is 15.9 Å². The molecule has 0 aliphatic rings. The summed E-state index contributed by atoms with van der Waals surface area (Å²) < 4.78 is 41.8. The Hall–Kier alpha value is -2.18. The molecule has 0 fully saturated rings. The van der Waals surface area contributed by atoms with Crippen LogP contribution in [0.3, 0.4) is 0 Å². The highest BCUT2D eigenvalue weighted by Gasteiger charge is 2.30. The van der Waals surface area contributed by atoms with E-state index in [2.05, 4.69) is 4.98 Å². The minimum absolute atomic E-state index is 0.0969. The fraction of sp³-hybridized carbons (Fsp3) is 0. The lowest BCUT2D eigenvalue weighted by Crippen LogP contribution is -2.08. The van der Waals surface area contributed by atoms with Crippen LogP contribution in [0.25, 0.3) is 22.0 Å². The number of rotatable bonds is 3. The Labute approximate surface area is 181 Å². The average Bonchev–Trinajstić information content (AvgIpc) is 2.66. The van der Waals surface area contributed by atoms with Crippen molar-refractivity contribution in [3.8, 4) is 11.1 Å². The molecule has 4 rings (SSSR count). The van der Waals surface area contributed by atoms with Gasteiger partial charge in [-0.05, 0) is 30.3 Å². The highest BCUT2D eigenvalue weighted by atomic mass is 35.5. The first-order valence-corrected chi connectivity index (χ1v) is 10.9. The summed E-state index contributed by atoms with van der Waals surface area (Å²) in [5.74, 6) is -0.583. The van der Waals surface area contributed by atoms with E-state index < -0.39 is 15.7 Å². The van der Waals surface area contributed by atoms with Gasteiger partial charge in [0.2, 0.25) is 9.84 Å². The molecular formula is C21H11Cl3FNO2S. The number of benzene rings is 3. The van der Waals surface area contributed by atoms with Gasteiger partial charge in [-0.15, -0.1) is 0 Å². The van der Waals surface area contributed by atoms with Crippen LogP contribution in [0.2, 0.25) is 15.2 Å². The van der Waals surface area contributed by atoms with E-state index in [9.17, 15) is 12.8 Å². The molecule has 8 heteroatoms. The Bertz CT molecular complexity index is 1350. The van der Waals surface area contributed by atoms with E-state index in [-0.39, 0.29) is 36.1 Å². The zero-order valence-corrected chi connectivity index (χ0v) is 17.6. The maximum absolute atomic E-state index is 14.7. The van der Waals surface area contributed by atoms with Crippen molar-refractivity contribution in [1.29, 1.82) is 0 Å². The summed E-state index contributed by atoms with van der Waals surface area (Å²) in [5.41, 5.74) is 0.674. The smallest absolute Gasteiger partial charge is 0.210 e. The van der Waals surface area contributed by atoms with Gasteiger partial charge in [-0.25, -0.2) is 17.8 Å². The number of nitrogens with zero attached hydrogens (tertiary/aromatic N) is 1. The number of hydrogen-bond donors (Lipinski definition) is 0. The van der Waals surface area contributed by atoms with Crippen LogP contribution in [0.4, 0.5) is 4.39 Å². The summed E-state index contributed by atoms with van der Waals surface area (Å²) in [6.45, 7) is 0. The molecule has 0 saturated carbocycles. The number of halogens is 4. The summed E-state index contributed by atoms with van der Waals surface area (Å²) in [6.07, 6.45) is 0. The molecule has 4 aromatic rings. The standard InChI is InChI=1S/C21H11Cl3FNO2S/c22-12-9-13(23)11-14(10-12)29(27,28)20-19(15-5-1-3-7-17(15)25)16-6-2-4-8-18(16)26-21(20)24/h1-11H. The maximum atomic E-state index is 14.7. The van der Waals surface area contributed by atoms with Gasteiger partial charge in [-0.3, -0.25) is 0 Å². The van der Waals surface area contributed by atoms with Crippen LogP contribution in [0.5, 0.6) is 0 Å². The summed E-state index contributed by atoms with van der Waals surface area (Å²) >= 11 is 18.4. The van der Waals surface area contributed by atoms with Crippen molar-refractivity contribution in [2.45, 2.75) is 9.79 Å². The Kier molecular flexibility index (Phi) is 5.25. The maximum Gasteiger partial charge on any atom is 0.210 e. The Balaban J connectivity index is 2.16. The molecule has 146 valence electrons. The fourth-order valence-corrected chi connectivity index (χ4v) is 5.84. The van der Waals surface area contributed by atoms with E-state index >= 15 is 0 Å². The van der Waals surface area contributed by atoms with Gasteiger partial charge in [-0.1, -0.05) is 71.2 Å². The van der Waals surface area contributed by atoms with Crippen molar-refractivity contribution < 1.29 is 12.8 Å². The Morgan fingerprint density at radius 1 is 0.828 bits per heavy atom. The molecule has 0 amide bonds. The van der Waals surface area contributed by atoms with E-state index in [1.54, 1.807) is 30.3 Å². The molecule has 1 heterocycles. The minimum Gasteiger partial charge on any atom is -0.235 e. The normalized spacial score (nSPS) is 11.7. The summed E-state index contributed by atoms with van der Waals surface area (Å²) in [5, 5.41) is 0.480. The third-order valence-electron chi connectivity index (χ3n) is 4.36. The van der Waals surface area contributed by atoms with Crippen molar-refractivity contribution in [2.75, 3.05) is 0 Å². The molecule has 29 heavy (non-hydrogen) atoms. The van der Waals surface area contributed by atoms with Gasteiger partial charge in [0.15, 0.2) is 0 Å². The van der Waals surface area contributed by atoms with Crippen molar-refractivity contribution in [3.05, 3.63) is 87.7 Å². The topological polar surface area (TPSA) is 47.0 Å². The molecule has 3 aromatic carbocycles. The molecule has 0 unspecified atom stereocenters. The van der Waals surface area contributed by atoms with Crippen LogP contribution in [-0.2, 0) is 9.84 Å². The quantitative estimate of drug-likeness (QED) is 0.311. The van der Waals surface area contributed by atoms with Crippen molar-refractivity contribution in [1.82, 2.24) is 4.98 Å². The van der Waals surface area contributed by atoms with Gasteiger partial charge < -0.3 is 0 Å². The van der Waals surface area contributed by atoms with Crippen molar-refractivity contribution in [3.63, 3.8) is 0 Å². The number of fused-ring (bicyclic) bond motifs is 1. The second-order valence-corrected chi connectivity index (χ2v) is 9.33. The number of pyridine rings is 1. The lowest BCUT2D eigenvalue weighted by Gasteiger charge is -2.16. The van der Waals surface area contributed by atoms with E-state index in [0.717, 1.165) is 0 Å². The predicted octanol–water partition coefficient (Wildman–Crippen LogP) is 6.83. The van der Waals surface area contributed by atoms with Crippen LogP contribution < -0.4 is 0 Å². The molecule has 0 spiro atoms. The van der Waals surface area contributed by atoms with Crippen molar-refractivity contribution in [2.24, 2.45) is 0 Å². The van der Waals surface area contributed by atoms with Crippen LogP contribution in [0.1, 0.15) is 0 Å². The number of para-hydroxylation sites is 1. The van der Waals surface area contributed by atoms with Crippen molar-refractivity contribution >= 4 is 55.5 Å². The first-order chi connectivity index (χ1) is 13.8. The number of aromatic nitrogens is 1. The van der Waals surface area contributed by atoms with Gasteiger partial charge in [-0.2, -0.15) is 0 Å². The molecule has 1 aromatic heterocycles. The number of sulfone groups is 1. The molecular weight excluding hydrogens is 456 g/mol. The summed E-state index contributed by atoms with van der Waals surface area (Å²) in [7, 11) is -4.23. The van der Waals surface area contributed by atoms with Gasteiger partial charge in [0.05, 0.1) is 10.4 Å². The van der Waals surface area contributed by atoms with E-state index in [1.807, 2.05) is 0 Å².